The number of hydrogen-bond donors (Lipinski definition) is 0. The maximum atomic E-state index is 11.5. The van der Waals surface area contributed by atoms with Crippen molar-refractivity contribution in [1.29, 1.82) is 0 Å². The summed E-state index contributed by atoms with van der Waals surface area (Å²) in [5.74, 6) is -0.00296. The molecule has 0 rings (SSSR count). The van der Waals surface area contributed by atoms with Crippen LogP contribution in [0.2, 0.25) is 0 Å². The predicted molar refractivity (Wildman–Crippen MR) is 68.5 cm³/mol. The minimum atomic E-state index is -0.00296. The third-order valence-corrected chi connectivity index (χ3v) is 2.87. The normalized spacial score (nSPS) is 12.4. The van der Waals surface area contributed by atoms with E-state index in [0.29, 0.717) is 6.42 Å². The Kier molecular flexibility index (Phi) is 10.6. The second kappa shape index (κ2) is 11.0. The molecule has 0 fully saturated rings. The molecule has 0 radical (unpaired) electrons. The van der Waals surface area contributed by atoms with Crippen molar-refractivity contribution in [2.45, 2.75) is 84.7 Å². The Bertz CT molecular complexity index is 166. The topological polar surface area (TPSA) is 26.3 Å². The number of ether oxygens (including phenoxy) is 1. The highest BCUT2D eigenvalue weighted by molar-refractivity contribution is 5.69. The van der Waals surface area contributed by atoms with Gasteiger partial charge in [0, 0.05) is 6.42 Å². The van der Waals surface area contributed by atoms with E-state index in [9.17, 15) is 4.79 Å². The molecule has 0 N–H and O–H groups in total. The molecule has 0 aliphatic heterocycles. The standard InChI is InChI=1S/C14H28O2/c1-4-7-9-11-13(6-3)16-14(15)12-10-8-5-2/h13H,4-12H2,1-3H3/t13-/m0/s1. The lowest BCUT2D eigenvalue weighted by Crippen LogP contribution is -2.17. The molecule has 2 nitrogen and oxygen atoms in total. The predicted octanol–water partition coefficient (Wildman–Crippen LogP) is 4.47. The summed E-state index contributed by atoms with van der Waals surface area (Å²) in [6.07, 6.45) is 9.62. The zero-order chi connectivity index (χ0) is 12.2. The summed E-state index contributed by atoms with van der Waals surface area (Å²) in [5, 5.41) is 0. The van der Waals surface area contributed by atoms with Gasteiger partial charge in [-0.05, 0) is 25.7 Å². The van der Waals surface area contributed by atoms with Crippen molar-refractivity contribution in [3.63, 3.8) is 0 Å². The van der Waals surface area contributed by atoms with Crippen molar-refractivity contribution >= 4 is 5.97 Å². The van der Waals surface area contributed by atoms with Crippen LogP contribution in [0.15, 0.2) is 0 Å². The quantitative estimate of drug-likeness (QED) is 0.407. The molecule has 1 atom stereocenters. The molecular weight excluding hydrogens is 200 g/mol. The summed E-state index contributed by atoms with van der Waals surface area (Å²) in [6, 6.07) is 0. The SMILES string of the molecule is CCCCCC(=O)O[C@@H](CC)CCCCC. The summed E-state index contributed by atoms with van der Waals surface area (Å²) in [4.78, 5) is 11.5. The van der Waals surface area contributed by atoms with Crippen molar-refractivity contribution in [3.05, 3.63) is 0 Å². The van der Waals surface area contributed by atoms with Crippen LogP contribution in [-0.4, -0.2) is 12.1 Å². The molecule has 0 saturated carbocycles. The van der Waals surface area contributed by atoms with Gasteiger partial charge in [0.25, 0.3) is 0 Å². The molecule has 0 aromatic carbocycles. The van der Waals surface area contributed by atoms with Crippen LogP contribution in [0.4, 0.5) is 0 Å². The summed E-state index contributed by atoms with van der Waals surface area (Å²) >= 11 is 0. The minimum Gasteiger partial charge on any atom is -0.462 e. The average Bonchev–Trinajstić information content (AvgIpc) is 2.28. The molecule has 96 valence electrons. The molecule has 2 heteroatoms. The van der Waals surface area contributed by atoms with Gasteiger partial charge in [0.05, 0.1) is 0 Å². The highest BCUT2D eigenvalue weighted by Crippen LogP contribution is 2.12. The summed E-state index contributed by atoms with van der Waals surface area (Å²) in [7, 11) is 0. The van der Waals surface area contributed by atoms with E-state index >= 15 is 0 Å². The third kappa shape index (κ3) is 8.75. The highest BCUT2D eigenvalue weighted by Gasteiger charge is 2.11. The fourth-order valence-corrected chi connectivity index (χ4v) is 1.73. The Labute approximate surface area is 101 Å². The van der Waals surface area contributed by atoms with Crippen LogP contribution in [0.1, 0.15) is 78.6 Å². The van der Waals surface area contributed by atoms with Gasteiger partial charge in [-0.25, -0.2) is 0 Å². The monoisotopic (exact) mass is 228 g/mol. The molecule has 0 aliphatic rings. The first-order valence-corrected chi connectivity index (χ1v) is 6.94. The number of carbonyl (C=O) groups excluding carboxylic acids is 1. The average molecular weight is 228 g/mol. The lowest BCUT2D eigenvalue weighted by Gasteiger charge is -2.15. The van der Waals surface area contributed by atoms with E-state index in [0.717, 1.165) is 32.1 Å². The number of unbranched alkanes of at least 4 members (excludes halogenated alkanes) is 4. The van der Waals surface area contributed by atoms with Crippen LogP contribution in [-0.2, 0) is 9.53 Å². The zero-order valence-electron chi connectivity index (χ0n) is 11.3. The van der Waals surface area contributed by atoms with Gasteiger partial charge < -0.3 is 4.74 Å². The zero-order valence-corrected chi connectivity index (χ0v) is 11.3. The molecule has 0 aliphatic carbocycles. The summed E-state index contributed by atoms with van der Waals surface area (Å²) in [5.41, 5.74) is 0. The molecule has 0 spiro atoms. The first-order chi connectivity index (χ1) is 7.74. The van der Waals surface area contributed by atoms with Crippen LogP contribution in [0, 0.1) is 0 Å². The van der Waals surface area contributed by atoms with Gasteiger partial charge in [0.1, 0.15) is 6.10 Å². The fourth-order valence-electron chi connectivity index (χ4n) is 1.73. The Hall–Kier alpha value is -0.530. The Morgan fingerprint density at radius 1 is 1.00 bits per heavy atom. The summed E-state index contributed by atoms with van der Waals surface area (Å²) in [6.45, 7) is 6.43. The van der Waals surface area contributed by atoms with E-state index < -0.39 is 0 Å². The molecule has 0 heterocycles. The van der Waals surface area contributed by atoms with Crippen LogP contribution in [0.3, 0.4) is 0 Å². The van der Waals surface area contributed by atoms with E-state index in [2.05, 4.69) is 20.8 Å². The van der Waals surface area contributed by atoms with Crippen LogP contribution < -0.4 is 0 Å². The maximum absolute atomic E-state index is 11.5. The molecular formula is C14H28O2. The van der Waals surface area contributed by atoms with Gasteiger partial charge in [-0.2, -0.15) is 0 Å². The number of esters is 1. The fraction of sp³-hybridized carbons (Fsp3) is 0.929. The molecule has 0 aromatic rings. The maximum Gasteiger partial charge on any atom is 0.306 e. The van der Waals surface area contributed by atoms with Gasteiger partial charge in [0.15, 0.2) is 0 Å². The second-order valence-electron chi connectivity index (χ2n) is 4.47. The Morgan fingerprint density at radius 2 is 1.62 bits per heavy atom. The molecule has 0 unspecified atom stereocenters. The smallest absolute Gasteiger partial charge is 0.306 e. The van der Waals surface area contributed by atoms with Gasteiger partial charge in [-0.1, -0.05) is 46.5 Å². The number of hydrogen-bond acceptors (Lipinski definition) is 2. The Morgan fingerprint density at radius 3 is 2.19 bits per heavy atom. The molecule has 0 bridgehead atoms. The first-order valence-electron chi connectivity index (χ1n) is 6.94. The highest BCUT2D eigenvalue weighted by atomic mass is 16.5. The van der Waals surface area contributed by atoms with E-state index in [4.69, 9.17) is 4.74 Å². The van der Waals surface area contributed by atoms with Crippen molar-refractivity contribution in [1.82, 2.24) is 0 Å². The van der Waals surface area contributed by atoms with Gasteiger partial charge in [-0.3, -0.25) is 4.79 Å². The first kappa shape index (κ1) is 15.5. The number of rotatable bonds is 10. The van der Waals surface area contributed by atoms with Crippen LogP contribution in [0.25, 0.3) is 0 Å². The van der Waals surface area contributed by atoms with Crippen LogP contribution >= 0.6 is 0 Å². The van der Waals surface area contributed by atoms with Crippen molar-refractivity contribution < 1.29 is 9.53 Å². The van der Waals surface area contributed by atoms with E-state index in [1.165, 1.54) is 19.3 Å². The third-order valence-electron chi connectivity index (χ3n) is 2.87. The van der Waals surface area contributed by atoms with E-state index in [1.807, 2.05) is 0 Å². The van der Waals surface area contributed by atoms with Gasteiger partial charge in [0.2, 0.25) is 0 Å². The molecule has 0 aromatic heterocycles. The van der Waals surface area contributed by atoms with Crippen LogP contribution in [0.5, 0.6) is 0 Å². The van der Waals surface area contributed by atoms with Crippen molar-refractivity contribution in [2.24, 2.45) is 0 Å². The van der Waals surface area contributed by atoms with Crippen molar-refractivity contribution in [2.75, 3.05) is 0 Å². The van der Waals surface area contributed by atoms with Gasteiger partial charge in [-0.15, -0.1) is 0 Å². The lowest BCUT2D eigenvalue weighted by molar-refractivity contribution is -0.149. The van der Waals surface area contributed by atoms with Gasteiger partial charge >= 0.3 is 5.97 Å². The van der Waals surface area contributed by atoms with E-state index in [-0.39, 0.29) is 12.1 Å². The minimum absolute atomic E-state index is 0.00296. The second-order valence-corrected chi connectivity index (χ2v) is 4.47. The largest absolute Gasteiger partial charge is 0.462 e. The lowest BCUT2D eigenvalue weighted by atomic mass is 10.1. The Balaban J connectivity index is 3.61. The number of carbonyl (C=O) groups is 1. The summed E-state index contributed by atoms with van der Waals surface area (Å²) < 4.78 is 5.45. The van der Waals surface area contributed by atoms with E-state index in [1.54, 1.807) is 0 Å². The van der Waals surface area contributed by atoms with Crippen molar-refractivity contribution in [3.8, 4) is 0 Å². The molecule has 16 heavy (non-hydrogen) atoms. The molecule has 0 saturated heterocycles. The molecule has 0 amide bonds.